The van der Waals surface area contributed by atoms with E-state index in [4.69, 9.17) is 4.74 Å². The van der Waals surface area contributed by atoms with Crippen LogP contribution in [0.15, 0.2) is 30.3 Å². The maximum atomic E-state index is 13.1. The Morgan fingerprint density at radius 2 is 1.85 bits per heavy atom. The zero-order valence-corrected chi connectivity index (χ0v) is 17.5. The lowest BCUT2D eigenvalue weighted by atomic mass is 10.0. The van der Waals surface area contributed by atoms with Crippen LogP contribution < -0.4 is 0 Å². The standard InChI is InChI=1S/C23H36N2O2/c1-5-23(18-20(23)19-12-8-6-9-13-19)25(21(26)27-22(2,3)4)17-16-24-14-10-7-11-15-24/h6,8-9,12-13,20H,5,7,10-11,14-18H2,1-4H3/t20-,23+/m0/s1. The summed E-state index contributed by atoms with van der Waals surface area (Å²) in [5.41, 5.74) is 0.775. The van der Waals surface area contributed by atoms with Crippen molar-refractivity contribution >= 4 is 6.09 Å². The van der Waals surface area contributed by atoms with Gasteiger partial charge in [0, 0.05) is 19.0 Å². The summed E-state index contributed by atoms with van der Waals surface area (Å²) in [4.78, 5) is 17.7. The first kappa shape index (κ1) is 20.2. The molecule has 0 bridgehead atoms. The third-order valence-corrected chi connectivity index (χ3v) is 6.10. The normalized spacial score (nSPS) is 25.9. The number of ether oxygens (including phenoxy) is 1. The van der Waals surface area contributed by atoms with E-state index in [1.54, 1.807) is 0 Å². The lowest BCUT2D eigenvalue weighted by Gasteiger charge is -2.36. The second kappa shape index (κ2) is 8.22. The molecule has 0 spiro atoms. The van der Waals surface area contributed by atoms with Crippen molar-refractivity contribution < 1.29 is 9.53 Å². The summed E-state index contributed by atoms with van der Waals surface area (Å²) in [5.74, 6) is 0.414. The first-order valence-corrected chi connectivity index (χ1v) is 10.6. The second-order valence-electron chi connectivity index (χ2n) is 9.16. The zero-order valence-electron chi connectivity index (χ0n) is 17.5. The molecule has 4 nitrogen and oxygen atoms in total. The fourth-order valence-electron chi connectivity index (χ4n) is 4.53. The summed E-state index contributed by atoms with van der Waals surface area (Å²) in [5, 5.41) is 0. The molecule has 2 fully saturated rings. The van der Waals surface area contributed by atoms with Crippen LogP contribution in [0.25, 0.3) is 0 Å². The van der Waals surface area contributed by atoms with Crippen LogP contribution in [0.4, 0.5) is 4.79 Å². The molecule has 0 aromatic heterocycles. The highest BCUT2D eigenvalue weighted by atomic mass is 16.6. The predicted molar refractivity (Wildman–Crippen MR) is 110 cm³/mol. The van der Waals surface area contributed by atoms with Crippen molar-refractivity contribution in [2.75, 3.05) is 26.2 Å². The lowest BCUT2D eigenvalue weighted by Crippen LogP contribution is -2.49. The zero-order chi connectivity index (χ0) is 19.5. The number of likely N-dealkylation sites (tertiary alicyclic amines) is 1. The van der Waals surface area contributed by atoms with E-state index in [1.807, 2.05) is 20.8 Å². The van der Waals surface area contributed by atoms with Crippen molar-refractivity contribution in [3.8, 4) is 0 Å². The average molecular weight is 373 g/mol. The smallest absolute Gasteiger partial charge is 0.410 e. The molecule has 3 rings (SSSR count). The Hall–Kier alpha value is -1.55. The van der Waals surface area contributed by atoms with Gasteiger partial charge in [0.1, 0.15) is 5.60 Å². The number of hydrogen-bond acceptors (Lipinski definition) is 3. The number of carbonyl (C=O) groups is 1. The monoisotopic (exact) mass is 372 g/mol. The van der Waals surface area contributed by atoms with E-state index >= 15 is 0 Å². The van der Waals surface area contributed by atoms with Gasteiger partial charge in [-0.25, -0.2) is 4.79 Å². The molecule has 1 aliphatic carbocycles. The van der Waals surface area contributed by atoms with E-state index in [0.717, 1.165) is 39.0 Å². The molecule has 1 aromatic rings. The van der Waals surface area contributed by atoms with Gasteiger partial charge in [0.2, 0.25) is 0 Å². The molecule has 0 unspecified atom stereocenters. The summed E-state index contributed by atoms with van der Waals surface area (Å²) in [7, 11) is 0. The Morgan fingerprint density at radius 3 is 2.44 bits per heavy atom. The van der Waals surface area contributed by atoms with Gasteiger partial charge in [-0.1, -0.05) is 43.7 Å². The Labute approximate surface area is 164 Å². The Balaban J connectivity index is 1.76. The van der Waals surface area contributed by atoms with Gasteiger partial charge in [-0.3, -0.25) is 0 Å². The molecule has 1 heterocycles. The fraction of sp³-hybridized carbons (Fsp3) is 0.696. The number of amides is 1. The van der Waals surface area contributed by atoms with Crippen molar-refractivity contribution in [1.29, 1.82) is 0 Å². The Kier molecular flexibility index (Phi) is 6.15. The van der Waals surface area contributed by atoms with Gasteiger partial charge in [-0.2, -0.15) is 0 Å². The molecule has 4 heteroatoms. The van der Waals surface area contributed by atoms with Crippen LogP contribution in [-0.4, -0.2) is 53.2 Å². The highest BCUT2D eigenvalue weighted by Gasteiger charge is 2.59. The third-order valence-electron chi connectivity index (χ3n) is 6.10. The van der Waals surface area contributed by atoms with Gasteiger partial charge in [-0.15, -0.1) is 0 Å². The minimum atomic E-state index is -0.466. The minimum absolute atomic E-state index is 0.0977. The Morgan fingerprint density at radius 1 is 1.19 bits per heavy atom. The number of nitrogens with zero attached hydrogens (tertiary/aromatic N) is 2. The summed E-state index contributed by atoms with van der Waals surface area (Å²) < 4.78 is 5.82. The summed E-state index contributed by atoms with van der Waals surface area (Å²) in [6.45, 7) is 12.1. The molecule has 27 heavy (non-hydrogen) atoms. The van der Waals surface area contributed by atoms with Crippen molar-refractivity contribution in [1.82, 2.24) is 9.80 Å². The van der Waals surface area contributed by atoms with Crippen molar-refractivity contribution in [3.05, 3.63) is 35.9 Å². The number of rotatable bonds is 6. The molecule has 1 saturated carbocycles. The van der Waals surface area contributed by atoms with Gasteiger partial charge in [0.15, 0.2) is 0 Å². The average Bonchev–Trinajstić information content (AvgIpc) is 3.38. The van der Waals surface area contributed by atoms with E-state index in [0.29, 0.717) is 5.92 Å². The number of benzene rings is 1. The van der Waals surface area contributed by atoms with E-state index < -0.39 is 5.60 Å². The van der Waals surface area contributed by atoms with Gasteiger partial charge < -0.3 is 14.5 Å². The third kappa shape index (κ3) is 4.84. The fourth-order valence-corrected chi connectivity index (χ4v) is 4.53. The SMILES string of the molecule is CC[C@@]1(N(CCN2CCCCC2)C(=O)OC(C)(C)C)C[C@H]1c1ccccc1. The number of carbonyl (C=O) groups excluding carboxylic acids is 1. The quantitative estimate of drug-likeness (QED) is 0.701. The van der Waals surface area contributed by atoms with Gasteiger partial charge in [0.25, 0.3) is 0 Å². The van der Waals surface area contributed by atoms with Crippen LogP contribution in [0.3, 0.4) is 0 Å². The van der Waals surface area contributed by atoms with Crippen LogP contribution in [0.5, 0.6) is 0 Å². The summed E-state index contributed by atoms with van der Waals surface area (Å²) in [6.07, 6.45) is 5.73. The molecule has 1 aromatic carbocycles. The van der Waals surface area contributed by atoms with E-state index in [2.05, 4.69) is 47.1 Å². The highest BCUT2D eigenvalue weighted by molar-refractivity contribution is 5.70. The molecule has 1 amide bonds. The molecule has 1 aliphatic heterocycles. The van der Waals surface area contributed by atoms with E-state index in [-0.39, 0.29) is 11.6 Å². The van der Waals surface area contributed by atoms with Crippen LogP contribution in [0.1, 0.15) is 71.3 Å². The van der Waals surface area contributed by atoms with Gasteiger partial charge in [-0.05, 0) is 65.1 Å². The van der Waals surface area contributed by atoms with Crippen LogP contribution >= 0.6 is 0 Å². The largest absolute Gasteiger partial charge is 0.444 e. The van der Waals surface area contributed by atoms with E-state index in [9.17, 15) is 4.79 Å². The van der Waals surface area contributed by atoms with Crippen molar-refractivity contribution in [3.63, 3.8) is 0 Å². The van der Waals surface area contributed by atoms with Crippen LogP contribution in [0, 0.1) is 0 Å². The molecule has 2 aliphatic rings. The van der Waals surface area contributed by atoms with Gasteiger partial charge in [0.05, 0.1) is 5.54 Å². The molecule has 2 atom stereocenters. The second-order valence-corrected chi connectivity index (χ2v) is 9.16. The predicted octanol–water partition coefficient (Wildman–Crippen LogP) is 5.05. The maximum absolute atomic E-state index is 13.1. The number of hydrogen-bond donors (Lipinski definition) is 0. The highest BCUT2D eigenvalue weighted by Crippen LogP contribution is 2.57. The van der Waals surface area contributed by atoms with Crippen molar-refractivity contribution in [2.24, 2.45) is 0 Å². The maximum Gasteiger partial charge on any atom is 0.410 e. The van der Waals surface area contributed by atoms with Crippen LogP contribution in [0.2, 0.25) is 0 Å². The topological polar surface area (TPSA) is 32.8 Å². The first-order chi connectivity index (χ1) is 12.9. The van der Waals surface area contributed by atoms with Crippen LogP contribution in [-0.2, 0) is 4.74 Å². The number of piperidine rings is 1. The van der Waals surface area contributed by atoms with E-state index in [1.165, 1.54) is 24.8 Å². The lowest BCUT2D eigenvalue weighted by molar-refractivity contribution is 0.00872. The Bertz CT molecular complexity index is 619. The summed E-state index contributed by atoms with van der Waals surface area (Å²) in [6, 6.07) is 10.6. The molecule has 150 valence electrons. The van der Waals surface area contributed by atoms with Crippen molar-refractivity contribution in [2.45, 2.75) is 76.9 Å². The molecular formula is C23H36N2O2. The molecular weight excluding hydrogens is 336 g/mol. The van der Waals surface area contributed by atoms with Gasteiger partial charge >= 0.3 is 6.09 Å². The molecule has 1 saturated heterocycles. The first-order valence-electron chi connectivity index (χ1n) is 10.6. The molecule has 0 N–H and O–H groups in total. The molecule has 0 radical (unpaired) electrons. The minimum Gasteiger partial charge on any atom is -0.444 e. The summed E-state index contributed by atoms with van der Waals surface area (Å²) >= 11 is 0.